The van der Waals surface area contributed by atoms with Crippen LogP contribution in [0.2, 0.25) is 0 Å². The summed E-state index contributed by atoms with van der Waals surface area (Å²) in [5, 5.41) is 4.73. The van der Waals surface area contributed by atoms with Gasteiger partial charge in [-0.25, -0.2) is 28.2 Å². The number of rotatable bonds is 4. The Morgan fingerprint density at radius 3 is 2.39 bits per heavy atom. The first-order valence-electron chi connectivity index (χ1n) is 13.8. The minimum atomic E-state index is -4.94. The van der Waals surface area contributed by atoms with Crippen molar-refractivity contribution in [2.24, 2.45) is 0 Å². The van der Waals surface area contributed by atoms with Gasteiger partial charge in [0, 0.05) is 43.4 Å². The molecule has 0 amide bonds. The molecule has 4 rings (SSSR count). The maximum absolute atomic E-state index is 8.49. The monoisotopic (exact) mass is 455 g/mol. The van der Waals surface area contributed by atoms with Crippen molar-refractivity contribution < 1.29 is 47.0 Å². The summed E-state index contributed by atoms with van der Waals surface area (Å²) in [4.78, 5) is 4.68. The highest BCUT2D eigenvalue weighted by molar-refractivity contribution is 6.10. The number of hydrogen-bond donors (Lipinski definition) is 1. The largest absolute Gasteiger partial charge is 0.452 e. The predicted octanol–water partition coefficient (Wildman–Crippen LogP) is -0.426. The van der Waals surface area contributed by atoms with Gasteiger partial charge in [0.15, 0.2) is 11.3 Å². The average Bonchev–Trinajstić information content (AvgIpc) is 2.80. The molecule has 0 fully saturated rings. The van der Waals surface area contributed by atoms with Crippen molar-refractivity contribution in [2.45, 2.75) is 20.6 Å². The van der Waals surface area contributed by atoms with Crippen LogP contribution in [0.1, 0.15) is 34.3 Å². The summed E-state index contributed by atoms with van der Waals surface area (Å²) in [7, 11) is -4.94. The molecule has 1 aliphatic heterocycles. The second-order valence-corrected chi connectivity index (χ2v) is 6.91. The van der Waals surface area contributed by atoms with Gasteiger partial charge in [-0.2, -0.15) is 0 Å². The smallest absolute Gasteiger partial charge is 0.203 e. The minimum absolute atomic E-state index is 0.102. The molecule has 31 heavy (non-hydrogen) atoms. The zero-order valence-corrected chi connectivity index (χ0v) is 16.9. The van der Waals surface area contributed by atoms with E-state index >= 15 is 0 Å². The summed E-state index contributed by atoms with van der Waals surface area (Å²) in [6.07, 6.45) is 0. The number of anilines is 1. The van der Waals surface area contributed by atoms with Crippen LogP contribution < -0.4 is 33.9 Å². The molecule has 2 aromatic rings. The van der Waals surface area contributed by atoms with Crippen LogP contribution in [0, 0.1) is 10.2 Å². The number of nitrogens with zero attached hydrogens (tertiary/aromatic N) is 2. The zero-order chi connectivity index (χ0) is 31.2. The first-order chi connectivity index (χ1) is 18.6. The molecule has 2 aliphatic rings. The van der Waals surface area contributed by atoms with Crippen LogP contribution in [0.15, 0.2) is 52.9 Å². The standard InChI is InChI=1S/C22H23N3O.ClHO4/c1-4-23-19-14-21-22(17-10-8-7-9-16(17)19)24-18-12-11-15(13-20(18)26-21)25(5-2)6-3;2-1(3,4)5/h7-14H,4-6H2,1-3H3;(H,2,3,4,5)/i2D3,3D3,5D2,6D2;. The molecule has 2 aromatic carbocycles. The Kier molecular flexibility index (Phi) is 4.01. The van der Waals surface area contributed by atoms with Gasteiger partial charge in [-0.3, -0.25) is 0 Å². The summed E-state index contributed by atoms with van der Waals surface area (Å²) in [6, 6.07) is 13.3. The van der Waals surface area contributed by atoms with Crippen LogP contribution in [-0.4, -0.2) is 24.5 Å². The Labute approximate surface area is 195 Å². The highest BCUT2D eigenvalue weighted by Gasteiger charge is 2.15. The van der Waals surface area contributed by atoms with E-state index in [2.05, 4.69) is 10.3 Å². The Bertz CT molecular complexity index is 1570. The summed E-state index contributed by atoms with van der Waals surface area (Å²) in [5.74, 6) is 0.102. The van der Waals surface area contributed by atoms with E-state index in [9.17, 15) is 0 Å². The van der Waals surface area contributed by atoms with Crippen LogP contribution in [0.5, 0.6) is 0 Å². The predicted molar refractivity (Wildman–Crippen MR) is 109 cm³/mol. The van der Waals surface area contributed by atoms with Crippen molar-refractivity contribution in [1.29, 1.82) is 0 Å². The van der Waals surface area contributed by atoms with Gasteiger partial charge in [0.1, 0.15) is 29.7 Å². The lowest BCUT2D eigenvalue weighted by Gasteiger charge is -2.17. The minimum Gasteiger partial charge on any atom is -0.452 e. The van der Waals surface area contributed by atoms with Crippen molar-refractivity contribution in [1.82, 2.24) is 9.56 Å². The lowest BCUT2D eigenvalue weighted by molar-refractivity contribution is -2.00. The van der Waals surface area contributed by atoms with Crippen LogP contribution in [0.4, 0.5) is 5.69 Å². The topological polar surface area (TPSA) is 133 Å². The summed E-state index contributed by atoms with van der Waals surface area (Å²) in [5.41, 5.74) is 2.11. The van der Waals surface area contributed by atoms with Crippen LogP contribution in [0.3, 0.4) is 0 Å². The average molecular weight is 456 g/mol. The van der Waals surface area contributed by atoms with Crippen LogP contribution >= 0.6 is 0 Å². The molecule has 0 saturated heterocycles. The Morgan fingerprint density at radius 2 is 1.74 bits per heavy atom. The van der Waals surface area contributed by atoms with E-state index in [0.29, 0.717) is 23.3 Å². The van der Waals surface area contributed by atoms with E-state index < -0.39 is 36.9 Å². The van der Waals surface area contributed by atoms with Gasteiger partial charge in [-0.05, 0) is 26.7 Å². The molecule has 0 spiro atoms. The molecule has 0 radical (unpaired) electrons. The highest BCUT2D eigenvalue weighted by atomic mass is 35.7. The quantitative estimate of drug-likeness (QED) is 0.251. The summed E-state index contributed by atoms with van der Waals surface area (Å²) < 4.78 is 119. The van der Waals surface area contributed by atoms with Gasteiger partial charge in [0.25, 0.3) is 0 Å². The van der Waals surface area contributed by atoms with Crippen molar-refractivity contribution in [2.75, 3.05) is 24.9 Å². The van der Waals surface area contributed by atoms with Gasteiger partial charge in [0.05, 0.1) is 6.07 Å². The van der Waals surface area contributed by atoms with Gasteiger partial charge < -0.3 is 9.73 Å². The second-order valence-electron chi connectivity index (χ2n) is 6.15. The normalized spacial score (nSPS) is 18.0. The number of fused-ring (bicyclic) bond motifs is 4. The fraction of sp³-hybridized carbons (Fsp3) is 0.273. The van der Waals surface area contributed by atoms with Gasteiger partial charge in [0.2, 0.25) is 5.36 Å². The molecule has 1 heterocycles. The first kappa shape index (κ1) is 12.9. The molecule has 0 atom stereocenters. The SMILES string of the molecule is [2H]C([2H])([2H])C([2H])([2H])[N+](=c1ccc2nc3c(cc(NCC)c4ccccc43)oc-2c1)C([2H])([2H])C([2H])([2H])[2H].[O-][Cl+3]([O-])([O-])[O-]. The van der Waals surface area contributed by atoms with Crippen LogP contribution in [0.25, 0.3) is 33.3 Å². The lowest BCUT2D eigenvalue weighted by atomic mass is 10.1. The van der Waals surface area contributed by atoms with Crippen molar-refractivity contribution in [3.05, 3.63) is 53.9 Å². The molecule has 0 aromatic heterocycles. The molecular formula is C22H24ClN3O5. The Morgan fingerprint density at radius 1 is 1.06 bits per heavy atom. The molecule has 1 N–H and O–H groups in total. The molecule has 1 aliphatic carbocycles. The number of nitrogens with one attached hydrogen (secondary N) is 1. The molecule has 9 heteroatoms. The fourth-order valence-electron chi connectivity index (χ4n) is 3.08. The number of aromatic nitrogens is 1. The third kappa shape index (κ3) is 5.49. The number of benzene rings is 3. The number of hydrogen-bond acceptors (Lipinski definition) is 7. The maximum atomic E-state index is 8.49. The van der Waals surface area contributed by atoms with E-state index in [-0.39, 0.29) is 15.7 Å². The lowest BCUT2D eigenvalue weighted by Crippen LogP contribution is -2.68. The molecular weight excluding hydrogens is 422 g/mol. The first-order valence-corrected chi connectivity index (χ1v) is 10.1. The molecule has 8 nitrogen and oxygen atoms in total. The summed E-state index contributed by atoms with van der Waals surface area (Å²) in [6.45, 7) is -10.8. The highest BCUT2D eigenvalue weighted by Crippen LogP contribution is 2.33. The van der Waals surface area contributed by atoms with E-state index in [1.807, 2.05) is 31.2 Å². The van der Waals surface area contributed by atoms with Crippen molar-refractivity contribution >= 4 is 27.6 Å². The zero-order valence-electron chi connectivity index (χ0n) is 26.1. The number of halogens is 1. The third-order valence-corrected chi connectivity index (χ3v) is 4.23. The Balaban J connectivity index is 0.000000850. The molecule has 0 bridgehead atoms. The van der Waals surface area contributed by atoms with Gasteiger partial charge in [-0.15, -0.1) is 10.2 Å². The van der Waals surface area contributed by atoms with E-state index in [1.54, 1.807) is 6.07 Å². The van der Waals surface area contributed by atoms with Crippen molar-refractivity contribution in [3.63, 3.8) is 0 Å². The Hall–Kier alpha value is -2.75. The van der Waals surface area contributed by atoms with Crippen molar-refractivity contribution in [3.8, 4) is 11.5 Å². The van der Waals surface area contributed by atoms with Gasteiger partial charge in [-0.1, -0.05) is 24.3 Å². The molecule has 0 saturated carbocycles. The van der Waals surface area contributed by atoms with E-state index in [4.69, 9.17) is 36.8 Å². The molecule has 164 valence electrons. The van der Waals surface area contributed by atoms with Gasteiger partial charge >= 0.3 is 0 Å². The van der Waals surface area contributed by atoms with E-state index in [0.717, 1.165) is 16.5 Å². The van der Waals surface area contributed by atoms with Crippen LogP contribution in [-0.2, 0) is 0 Å². The van der Waals surface area contributed by atoms with E-state index in [1.165, 1.54) is 18.2 Å². The molecule has 0 unspecified atom stereocenters. The summed E-state index contributed by atoms with van der Waals surface area (Å²) >= 11 is 0. The third-order valence-electron chi connectivity index (χ3n) is 4.23. The fourth-order valence-corrected chi connectivity index (χ4v) is 3.08. The maximum Gasteiger partial charge on any atom is 0.203 e. The second kappa shape index (κ2) is 9.59.